The highest BCUT2D eigenvalue weighted by Crippen LogP contribution is 2.20. The largest absolute Gasteiger partial charge is 0.312 e. The van der Waals surface area contributed by atoms with Crippen molar-refractivity contribution < 1.29 is 0 Å². The van der Waals surface area contributed by atoms with Crippen molar-refractivity contribution in [3.05, 3.63) is 33.8 Å². The van der Waals surface area contributed by atoms with Crippen LogP contribution in [0.15, 0.2) is 18.2 Å². The molecule has 0 aliphatic carbocycles. The van der Waals surface area contributed by atoms with E-state index in [9.17, 15) is 0 Å². The monoisotopic (exact) mass is 314 g/mol. The second-order valence-corrected chi connectivity index (χ2v) is 6.68. The van der Waals surface area contributed by atoms with Gasteiger partial charge in [0.05, 0.1) is 0 Å². The van der Waals surface area contributed by atoms with E-state index in [1.54, 1.807) is 0 Å². The Morgan fingerprint density at radius 1 is 1.20 bits per heavy atom. The van der Waals surface area contributed by atoms with Crippen molar-refractivity contribution in [2.45, 2.75) is 32.7 Å². The van der Waals surface area contributed by atoms with Crippen molar-refractivity contribution in [1.29, 1.82) is 0 Å². The molecule has 2 rings (SSSR count). The van der Waals surface area contributed by atoms with Gasteiger partial charge in [-0.25, -0.2) is 0 Å². The molecule has 1 atom stereocenters. The number of nitrogens with zero attached hydrogens (tertiary/aromatic N) is 1. The topological polar surface area (TPSA) is 15.3 Å². The molecule has 1 saturated heterocycles. The number of rotatable bonds is 6. The van der Waals surface area contributed by atoms with Crippen LogP contribution in [-0.2, 0) is 6.54 Å². The van der Waals surface area contributed by atoms with Crippen LogP contribution in [0.1, 0.15) is 31.7 Å². The van der Waals surface area contributed by atoms with E-state index in [1.807, 2.05) is 18.2 Å². The summed E-state index contributed by atoms with van der Waals surface area (Å²) < 4.78 is 0. The van der Waals surface area contributed by atoms with E-state index in [0.717, 1.165) is 28.7 Å². The third kappa shape index (κ3) is 5.25. The minimum atomic E-state index is 0.658. The maximum absolute atomic E-state index is 6.16. The van der Waals surface area contributed by atoms with Gasteiger partial charge >= 0.3 is 0 Å². The Kier molecular flexibility index (Phi) is 6.63. The molecule has 0 radical (unpaired) electrons. The molecular formula is C16H24Cl2N2. The Balaban J connectivity index is 1.70. The first kappa shape index (κ1) is 16.1. The molecule has 1 aromatic rings. The van der Waals surface area contributed by atoms with Crippen LogP contribution in [-0.4, -0.2) is 31.1 Å². The van der Waals surface area contributed by atoms with Crippen molar-refractivity contribution in [3.63, 3.8) is 0 Å². The Labute approximate surface area is 132 Å². The standard InChI is InChI=1S/C16H24Cl2N2/c1-13(12-20-7-3-2-4-8-20)10-19-11-14-9-15(17)5-6-16(14)18/h5-6,9,13,19H,2-4,7-8,10-12H2,1H3. The Hall–Kier alpha value is -0.280. The van der Waals surface area contributed by atoms with Gasteiger partial charge in [-0.1, -0.05) is 36.5 Å². The summed E-state index contributed by atoms with van der Waals surface area (Å²) in [7, 11) is 0. The second kappa shape index (κ2) is 8.23. The number of nitrogens with one attached hydrogen (secondary N) is 1. The van der Waals surface area contributed by atoms with E-state index >= 15 is 0 Å². The van der Waals surface area contributed by atoms with Gasteiger partial charge in [0.25, 0.3) is 0 Å². The third-order valence-electron chi connectivity index (χ3n) is 3.83. The first-order valence-corrected chi connectivity index (χ1v) is 8.28. The highest BCUT2D eigenvalue weighted by Gasteiger charge is 2.13. The minimum absolute atomic E-state index is 0.658. The van der Waals surface area contributed by atoms with Crippen LogP contribution in [0.5, 0.6) is 0 Å². The van der Waals surface area contributed by atoms with E-state index in [-0.39, 0.29) is 0 Å². The van der Waals surface area contributed by atoms with Gasteiger partial charge in [0, 0.05) is 23.1 Å². The Morgan fingerprint density at radius 3 is 2.70 bits per heavy atom. The first-order chi connectivity index (χ1) is 9.65. The molecule has 1 fully saturated rings. The number of hydrogen-bond acceptors (Lipinski definition) is 2. The lowest BCUT2D eigenvalue weighted by Gasteiger charge is -2.29. The van der Waals surface area contributed by atoms with Crippen molar-refractivity contribution >= 4 is 23.2 Å². The maximum atomic E-state index is 6.16. The molecule has 0 aromatic heterocycles. The van der Waals surface area contributed by atoms with E-state index in [1.165, 1.54) is 38.9 Å². The predicted octanol–water partition coefficient (Wildman–Crippen LogP) is 4.21. The fourth-order valence-corrected chi connectivity index (χ4v) is 3.16. The van der Waals surface area contributed by atoms with Crippen molar-refractivity contribution in [1.82, 2.24) is 10.2 Å². The fraction of sp³-hybridized carbons (Fsp3) is 0.625. The van der Waals surface area contributed by atoms with E-state index in [2.05, 4.69) is 17.1 Å². The van der Waals surface area contributed by atoms with Gasteiger partial charge in [-0.15, -0.1) is 0 Å². The van der Waals surface area contributed by atoms with Crippen LogP contribution in [0.25, 0.3) is 0 Å². The lowest BCUT2D eigenvalue weighted by Crippen LogP contribution is -2.36. The zero-order valence-electron chi connectivity index (χ0n) is 12.2. The highest BCUT2D eigenvalue weighted by molar-refractivity contribution is 6.33. The summed E-state index contributed by atoms with van der Waals surface area (Å²) in [5.41, 5.74) is 1.07. The molecule has 1 aliphatic rings. The molecular weight excluding hydrogens is 291 g/mol. The zero-order chi connectivity index (χ0) is 14.4. The molecule has 0 spiro atoms. The molecule has 1 aromatic carbocycles. The molecule has 0 saturated carbocycles. The number of halogens is 2. The number of likely N-dealkylation sites (tertiary alicyclic amines) is 1. The number of piperidine rings is 1. The van der Waals surface area contributed by atoms with Gasteiger partial charge < -0.3 is 10.2 Å². The molecule has 1 aliphatic heterocycles. The summed E-state index contributed by atoms with van der Waals surface area (Å²) >= 11 is 12.2. The van der Waals surface area contributed by atoms with E-state index < -0.39 is 0 Å². The maximum Gasteiger partial charge on any atom is 0.0451 e. The smallest absolute Gasteiger partial charge is 0.0451 e. The van der Waals surface area contributed by atoms with Gasteiger partial charge in [-0.3, -0.25) is 0 Å². The van der Waals surface area contributed by atoms with Crippen molar-refractivity contribution in [2.75, 3.05) is 26.2 Å². The predicted molar refractivity (Wildman–Crippen MR) is 87.6 cm³/mol. The number of benzene rings is 1. The second-order valence-electron chi connectivity index (χ2n) is 5.83. The van der Waals surface area contributed by atoms with Crippen LogP contribution in [0.4, 0.5) is 0 Å². The third-order valence-corrected chi connectivity index (χ3v) is 4.44. The summed E-state index contributed by atoms with van der Waals surface area (Å²) in [5.74, 6) is 0.658. The van der Waals surface area contributed by atoms with Crippen molar-refractivity contribution in [3.8, 4) is 0 Å². The van der Waals surface area contributed by atoms with E-state index in [4.69, 9.17) is 23.2 Å². The quantitative estimate of drug-likeness (QED) is 0.846. The normalized spacial score (nSPS) is 18.1. The summed E-state index contributed by atoms with van der Waals surface area (Å²) in [4.78, 5) is 2.59. The van der Waals surface area contributed by atoms with Gasteiger partial charge in [-0.05, 0) is 62.2 Å². The molecule has 0 amide bonds. The summed E-state index contributed by atoms with van der Waals surface area (Å²) in [6, 6.07) is 5.62. The summed E-state index contributed by atoms with van der Waals surface area (Å²) in [6.07, 6.45) is 4.12. The molecule has 1 N–H and O–H groups in total. The first-order valence-electron chi connectivity index (χ1n) is 7.52. The lowest BCUT2D eigenvalue weighted by atomic mass is 10.1. The molecule has 1 heterocycles. The SMILES string of the molecule is CC(CNCc1cc(Cl)ccc1Cl)CN1CCCCC1. The highest BCUT2D eigenvalue weighted by atomic mass is 35.5. The van der Waals surface area contributed by atoms with Gasteiger partial charge in [0.15, 0.2) is 0 Å². The Morgan fingerprint density at radius 2 is 1.95 bits per heavy atom. The average molecular weight is 315 g/mol. The zero-order valence-corrected chi connectivity index (χ0v) is 13.7. The van der Waals surface area contributed by atoms with Crippen LogP contribution in [0, 0.1) is 5.92 Å². The van der Waals surface area contributed by atoms with E-state index in [0.29, 0.717) is 5.92 Å². The Bertz CT molecular complexity index is 417. The van der Waals surface area contributed by atoms with Crippen LogP contribution in [0.3, 0.4) is 0 Å². The molecule has 1 unspecified atom stereocenters. The minimum Gasteiger partial charge on any atom is -0.312 e. The number of hydrogen-bond donors (Lipinski definition) is 1. The summed E-state index contributed by atoms with van der Waals surface area (Å²) in [6.45, 7) is 7.83. The molecule has 112 valence electrons. The van der Waals surface area contributed by atoms with Crippen LogP contribution >= 0.6 is 23.2 Å². The fourth-order valence-electron chi connectivity index (χ4n) is 2.78. The molecule has 2 nitrogen and oxygen atoms in total. The van der Waals surface area contributed by atoms with Gasteiger partial charge in [0.1, 0.15) is 0 Å². The molecule has 20 heavy (non-hydrogen) atoms. The summed E-state index contributed by atoms with van der Waals surface area (Å²) in [5, 5.41) is 5.02. The van der Waals surface area contributed by atoms with Crippen LogP contribution < -0.4 is 5.32 Å². The average Bonchev–Trinajstić information content (AvgIpc) is 2.44. The van der Waals surface area contributed by atoms with Crippen LogP contribution in [0.2, 0.25) is 10.0 Å². The molecule has 0 bridgehead atoms. The van der Waals surface area contributed by atoms with Crippen molar-refractivity contribution in [2.24, 2.45) is 5.92 Å². The molecule has 4 heteroatoms. The van der Waals surface area contributed by atoms with Gasteiger partial charge in [0.2, 0.25) is 0 Å². The lowest BCUT2D eigenvalue weighted by molar-refractivity contribution is 0.199. The van der Waals surface area contributed by atoms with Gasteiger partial charge in [-0.2, -0.15) is 0 Å².